The molecule has 0 saturated carbocycles. The van der Waals surface area contributed by atoms with Gasteiger partial charge in [-0.15, -0.1) is 24.3 Å². The van der Waals surface area contributed by atoms with E-state index in [-0.39, 0.29) is 37.6 Å². The number of hydrogen-bond donors (Lipinski definition) is 1. The normalized spacial score (nSPS) is 11.8. The minimum Gasteiger partial charge on any atom is -0.507 e. The van der Waals surface area contributed by atoms with Gasteiger partial charge >= 0.3 is 0 Å². The summed E-state index contributed by atoms with van der Waals surface area (Å²) in [6.07, 6.45) is 3.76. The van der Waals surface area contributed by atoms with E-state index in [1.165, 1.54) is 33.0 Å². The molecular weight excluding hydrogens is 1000 g/mol. The molecule has 6 aromatic carbocycles. The molecule has 0 amide bonds. The Bertz CT molecular complexity index is 3450. The summed E-state index contributed by atoms with van der Waals surface area (Å²) in [6, 6.07) is 58.8. The maximum atomic E-state index is 11.1. The minimum absolute atomic E-state index is 0. The van der Waals surface area contributed by atoms with Gasteiger partial charge in [0.25, 0.3) is 0 Å². The zero-order chi connectivity index (χ0) is 45.9. The van der Waals surface area contributed by atoms with Gasteiger partial charge < -0.3 is 9.67 Å². The van der Waals surface area contributed by atoms with Gasteiger partial charge in [-0.1, -0.05) is 138 Å². The van der Waals surface area contributed by atoms with Crippen LogP contribution in [-0.4, -0.2) is 24.6 Å². The molecule has 1 N–H and O–H groups in total. The van der Waals surface area contributed by atoms with Gasteiger partial charge in [0.05, 0.1) is 22.4 Å². The van der Waals surface area contributed by atoms with Gasteiger partial charge in [-0.3, -0.25) is 15.0 Å². The van der Waals surface area contributed by atoms with Crippen LogP contribution >= 0.6 is 0 Å². The summed E-state index contributed by atoms with van der Waals surface area (Å²) in [4.78, 5) is 14.8. The number of nitrogens with zero attached hydrogens (tertiary/aromatic N) is 4. The first-order valence-corrected chi connectivity index (χ1v) is 22.7. The van der Waals surface area contributed by atoms with Crippen molar-refractivity contribution in [3.63, 3.8) is 0 Å². The van der Waals surface area contributed by atoms with E-state index < -0.39 is 0 Å². The summed E-state index contributed by atoms with van der Waals surface area (Å²) in [5, 5.41) is 13.5. The van der Waals surface area contributed by atoms with Crippen molar-refractivity contribution in [3.05, 3.63) is 198 Å². The molecule has 4 aromatic heterocycles. The fourth-order valence-electron chi connectivity index (χ4n) is 9.18. The monoisotopic (exact) mass is 1050 g/mol. The van der Waals surface area contributed by atoms with Crippen LogP contribution in [0.25, 0.3) is 94.8 Å². The minimum atomic E-state index is -0.0534. The van der Waals surface area contributed by atoms with Crippen LogP contribution in [0.15, 0.2) is 170 Å². The van der Waals surface area contributed by atoms with Crippen LogP contribution < -0.4 is 0 Å². The molecule has 6 heteroatoms. The second-order valence-corrected chi connectivity index (χ2v) is 19.6. The number of aromatic nitrogens is 4. The molecule has 0 spiro atoms. The first kappa shape index (κ1) is 45.2. The summed E-state index contributed by atoms with van der Waals surface area (Å²) < 4.78 is 2.43. The number of hydrogen-bond acceptors (Lipinski definition) is 4. The quantitative estimate of drug-likeness (QED) is 0.162. The maximum absolute atomic E-state index is 11.1. The largest absolute Gasteiger partial charge is 0.507 e. The van der Waals surface area contributed by atoms with Crippen molar-refractivity contribution in [2.45, 2.75) is 66.2 Å². The van der Waals surface area contributed by atoms with E-state index in [1.807, 2.05) is 42.7 Å². The third kappa shape index (κ3) is 8.65. The van der Waals surface area contributed by atoms with Gasteiger partial charge in [0.2, 0.25) is 0 Å². The van der Waals surface area contributed by atoms with Crippen LogP contribution in [-0.2, 0) is 31.9 Å². The Morgan fingerprint density at radius 3 is 1.82 bits per heavy atom. The van der Waals surface area contributed by atoms with Crippen LogP contribution in [0.5, 0.6) is 5.75 Å². The predicted octanol–water partition coefficient (Wildman–Crippen LogP) is 15.7. The summed E-state index contributed by atoms with van der Waals surface area (Å²) in [6.45, 7) is 17.9. The third-order valence-corrected chi connectivity index (χ3v) is 12.8. The molecule has 10 aromatic rings. The van der Waals surface area contributed by atoms with E-state index in [2.05, 4.69) is 192 Å². The summed E-state index contributed by atoms with van der Waals surface area (Å²) in [5.41, 5.74) is 19.2. The molecule has 0 saturated heterocycles. The van der Waals surface area contributed by atoms with E-state index in [9.17, 15) is 5.11 Å². The first-order chi connectivity index (χ1) is 31.7. The number of para-hydroxylation sites is 3. The Morgan fingerprint density at radius 2 is 1.09 bits per heavy atom. The zero-order valence-electron chi connectivity index (χ0n) is 39.2. The van der Waals surface area contributed by atoms with Gasteiger partial charge in [0, 0.05) is 78.0 Å². The predicted molar refractivity (Wildman–Crippen MR) is 274 cm³/mol. The van der Waals surface area contributed by atoms with Crippen molar-refractivity contribution in [2.75, 3.05) is 0 Å². The average molecular weight is 1050 g/mol. The Balaban J connectivity index is 0.00000562. The summed E-state index contributed by atoms with van der Waals surface area (Å²) in [5.74, 6) is 0.187. The van der Waals surface area contributed by atoms with E-state index in [0.29, 0.717) is 11.3 Å². The van der Waals surface area contributed by atoms with Crippen LogP contribution in [0.4, 0.5) is 0 Å². The van der Waals surface area contributed by atoms with Gasteiger partial charge in [0.1, 0.15) is 5.75 Å². The molecular formula is C61H53N4OPt-. The number of phenolic OH excluding ortho intramolecular Hbond substituents is 1. The van der Waals surface area contributed by atoms with Crippen LogP contribution in [0.3, 0.4) is 0 Å². The van der Waals surface area contributed by atoms with E-state index in [4.69, 9.17) is 9.97 Å². The number of rotatable bonds is 7. The molecule has 67 heavy (non-hydrogen) atoms. The van der Waals surface area contributed by atoms with E-state index in [0.717, 1.165) is 72.7 Å². The van der Waals surface area contributed by atoms with E-state index >= 15 is 0 Å². The van der Waals surface area contributed by atoms with Crippen molar-refractivity contribution in [3.8, 4) is 78.7 Å². The zero-order valence-corrected chi connectivity index (χ0v) is 41.5. The average Bonchev–Trinajstić information content (AvgIpc) is 3.66. The third-order valence-electron chi connectivity index (χ3n) is 12.8. The summed E-state index contributed by atoms with van der Waals surface area (Å²) in [7, 11) is 0. The maximum Gasteiger partial charge on any atom is 0.124 e. The van der Waals surface area contributed by atoms with E-state index in [1.54, 1.807) is 6.07 Å². The number of benzene rings is 6. The first-order valence-electron chi connectivity index (χ1n) is 22.7. The van der Waals surface area contributed by atoms with Crippen molar-refractivity contribution in [2.24, 2.45) is 0 Å². The van der Waals surface area contributed by atoms with Crippen molar-refractivity contribution < 1.29 is 26.2 Å². The second kappa shape index (κ2) is 17.7. The number of pyridine rings is 3. The molecule has 0 radical (unpaired) electrons. The number of aryl methyl sites for hydroxylation is 2. The number of aromatic hydroxyl groups is 1. The molecule has 0 aliphatic rings. The fourth-order valence-corrected chi connectivity index (χ4v) is 9.18. The molecule has 0 unspecified atom stereocenters. The molecule has 4 heterocycles. The molecule has 334 valence electrons. The Morgan fingerprint density at radius 1 is 0.478 bits per heavy atom. The fraction of sp³-hybridized carbons (Fsp3) is 0.164. The molecule has 0 atom stereocenters. The van der Waals surface area contributed by atoms with Crippen LogP contribution in [0.2, 0.25) is 0 Å². The van der Waals surface area contributed by atoms with Crippen molar-refractivity contribution >= 4 is 21.8 Å². The van der Waals surface area contributed by atoms with Crippen molar-refractivity contribution in [1.29, 1.82) is 0 Å². The summed E-state index contributed by atoms with van der Waals surface area (Å²) >= 11 is 0. The van der Waals surface area contributed by atoms with Crippen molar-refractivity contribution in [1.82, 2.24) is 19.5 Å². The Kier molecular flexibility index (Phi) is 11.9. The Hall–Kier alpha value is -6.94. The SMILES string of the molecule is Cc1cc(-n2c3ccccc3c3cccc(-c4ccnc(-c5[c-]c(-c6cc(-c7cc(C(C)(C)C)cc(C(C)(C)C)c7)cc(-c7ccccc7O)n6)ccc5)c4)c32)c(C)cc1-c1ccccn1.[Pt]. The van der Waals surface area contributed by atoms with Gasteiger partial charge in [-0.25, -0.2) is 0 Å². The topological polar surface area (TPSA) is 63.8 Å². The van der Waals surface area contributed by atoms with Crippen LogP contribution in [0.1, 0.15) is 63.8 Å². The van der Waals surface area contributed by atoms with Gasteiger partial charge in [-0.05, 0) is 118 Å². The molecule has 0 aliphatic heterocycles. The number of fused-ring (bicyclic) bond motifs is 3. The number of phenols is 1. The second-order valence-electron chi connectivity index (χ2n) is 19.6. The molecule has 0 fully saturated rings. The van der Waals surface area contributed by atoms with Crippen LogP contribution in [0, 0.1) is 19.9 Å². The Labute approximate surface area is 408 Å². The molecule has 10 rings (SSSR count). The molecule has 0 bridgehead atoms. The smallest absolute Gasteiger partial charge is 0.124 e. The van der Waals surface area contributed by atoms with Gasteiger partial charge in [-0.2, -0.15) is 0 Å². The molecule has 0 aliphatic carbocycles. The standard InChI is InChI=1S/C61H53N4O.Pt/c1-38-30-57(39(2)29-51(38)52-23-13-14-27-62-52)65-56-24-11-9-19-48(56)49-22-16-21-47(59(49)65)40-26-28-63-53(34-40)41-17-15-18-42(31-41)54-35-44(36-55(64-54)50-20-10-12-25-58(50)66)43-32-45(60(3,4)5)37-46(33-43)61(6,7)8;/h9-30,32-37,66H,1-8H3;/q-1;. The molecule has 5 nitrogen and oxygen atoms in total. The van der Waals surface area contributed by atoms with Gasteiger partial charge in [0.15, 0.2) is 0 Å².